The molecule has 2 saturated heterocycles. The van der Waals surface area contributed by atoms with Gasteiger partial charge in [-0.15, -0.1) is 0 Å². The van der Waals surface area contributed by atoms with Crippen LogP contribution in [0.5, 0.6) is 0 Å². The minimum Gasteiger partial charge on any atom is -0.381 e. The van der Waals surface area contributed by atoms with Crippen molar-refractivity contribution in [1.82, 2.24) is 9.80 Å². The van der Waals surface area contributed by atoms with E-state index in [0.29, 0.717) is 38.3 Å². The topological polar surface area (TPSA) is 49.9 Å². The highest BCUT2D eigenvalue weighted by atomic mass is 19.1. The average molecular weight is 348 g/mol. The van der Waals surface area contributed by atoms with E-state index in [1.54, 1.807) is 17.0 Å². The number of carbonyl (C=O) groups is 2. The van der Waals surface area contributed by atoms with E-state index in [9.17, 15) is 14.0 Å². The van der Waals surface area contributed by atoms with Crippen LogP contribution in [-0.2, 0) is 20.7 Å². The van der Waals surface area contributed by atoms with Crippen LogP contribution in [0.4, 0.5) is 4.39 Å². The molecule has 0 saturated carbocycles. The quantitative estimate of drug-likeness (QED) is 0.838. The van der Waals surface area contributed by atoms with Gasteiger partial charge in [-0.25, -0.2) is 4.39 Å². The van der Waals surface area contributed by atoms with E-state index in [1.165, 1.54) is 12.1 Å². The first kappa shape index (κ1) is 17.9. The minimum atomic E-state index is -0.326. The summed E-state index contributed by atoms with van der Waals surface area (Å²) < 4.78 is 18.7. The Labute approximate surface area is 147 Å². The second-order valence-corrected chi connectivity index (χ2v) is 6.78. The molecule has 2 heterocycles. The van der Waals surface area contributed by atoms with Crippen LogP contribution in [0.1, 0.15) is 24.8 Å². The maximum absolute atomic E-state index is 13.3. The van der Waals surface area contributed by atoms with Gasteiger partial charge in [0.15, 0.2) is 0 Å². The standard InChI is InChI=1S/C19H25FN2O3/c20-17-6-1-4-15(12-17)13-18(23)21-7-3-8-22(10-9-21)19(24)16-5-2-11-25-14-16/h1,4,6,12,16H,2-3,5,7-11,13-14H2. The van der Waals surface area contributed by atoms with Gasteiger partial charge >= 0.3 is 0 Å². The summed E-state index contributed by atoms with van der Waals surface area (Å²) >= 11 is 0. The number of hydrogen-bond acceptors (Lipinski definition) is 3. The van der Waals surface area contributed by atoms with Gasteiger partial charge in [-0.3, -0.25) is 9.59 Å². The van der Waals surface area contributed by atoms with Gasteiger partial charge in [-0.1, -0.05) is 12.1 Å². The van der Waals surface area contributed by atoms with E-state index in [1.807, 2.05) is 4.90 Å². The van der Waals surface area contributed by atoms with Crippen LogP contribution < -0.4 is 0 Å². The first-order valence-corrected chi connectivity index (χ1v) is 9.02. The van der Waals surface area contributed by atoms with Crippen molar-refractivity contribution in [2.24, 2.45) is 5.92 Å². The smallest absolute Gasteiger partial charge is 0.228 e. The van der Waals surface area contributed by atoms with Crippen molar-refractivity contribution in [3.05, 3.63) is 35.6 Å². The Morgan fingerprint density at radius 3 is 2.68 bits per heavy atom. The molecular weight excluding hydrogens is 323 g/mol. The molecule has 1 unspecified atom stereocenters. The zero-order valence-corrected chi connectivity index (χ0v) is 14.5. The molecule has 0 bridgehead atoms. The average Bonchev–Trinajstić information content (AvgIpc) is 2.88. The summed E-state index contributed by atoms with van der Waals surface area (Å²) in [6.45, 7) is 3.67. The molecule has 2 amide bonds. The summed E-state index contributed by atoms with van der Waals surface area (Å²) in [6.07, 6.45) is 2.79. The second kappa shape index (κ2) is 8.43. The molecule has 25 heavy (non-hydrogen) atoms. The Kier molecular flexibility index (Phi) is 6.02. The molecule has 2 aliphatic heterocycles. The number of benzene rings is 1. The number of hydrogen-bond donors (Lipinski definition) is 0. The maximum Gasteiger partial charge on any atom is 0.228 e. The zero-order valence-electron chi connectivity index (χ0n) is 14.5. The Morgan fingerprint density at radius 1 is 1.12 bits per heavy atom. The molecule has 0 radical (unpaired) electrons. The third-order valence-corrected chi connectivity index (χ3v) is 4.91. The lowest BCUT2D eigenvalue weighted by molar-refractivity contribution is -0.140. The molecule has 0 aliphatic carbocycles. The van der Waals surface area contributed by atoms with Crippen molar-refractivity contribution in [3.8, 4) is 0 Å². The highest BCUT2D eigenvalue weighted by molar-refractivity contribution is 5.80. The van der Waals surface area contributed by atoms with Crippen LogP contribution in [0.2, 0.25) is 0 Å². The molecule has 1 aromatic rings. The van der Waals surface area contributed by atoms with E-state index in [-0.39, 0.29) is 30.0 Å². The first-order chi connectivity index (χ1) is 12.1. The fourth-order valence-corrected chi connectivity index (χ4v) is 3.51. The predicted molar refractivity (Wildman–Crippen MR) is 91.4 cm³/mol. The van der Waals surface area contributed by atoms with E-state index in [0.717, 1.165) is 25.9 Å². The molecule has 0 N–H and O–H groups in total. The Hall–Kier alpha value is -1.95. The maximum atomic E-state index is 13.3. The molecular formula is C19H25FN2O3. The van der Waals surface area contributed by atoms with Gasteiger partial charge in [-0.05, 0) is 37.0 Å². The van der Waals surface area contributed by atoms with E-state index in [2.05, 4.69) is 0 Å². The Morgan fingerprint density at radius 2 is 1.92 bits per heavy atom. The van der Waals surface area contributed by atoms with Crippen molar-refractivity contribution in [1.29, 1.82) is 0 Å². The molecule has 3 rings (SSSR count). The van der Waals surface area contributed by atoms with Crippen LogP contribution in [0, 0.1) is 11.7 Å². The summed E-state index contributed by atoms with van der Waals surface area (Å²) in [5, 5.41) is 0. The van der Waals surface area contributed by atoms with E-state index >= 15 is 0 Å². The third kappa shape index (κ3) is 4.78. The van der Waals surface area contributed by atoms with Crippen molar-refractivity contribution >= 4 is 11.8 Å². The van der Waals surface area contributed by atoms with Crippen LogP contribution in [-0.4, -0.2) is 61.0 Å². The number of carbonyl (C=O) groups excluding carboxylic acids is 2. The summed E-state index contributed by atoms with van der Waals surface area (Å²) in [7, 11) is 0. The number of halogens is 1. The zero-order chi connectivity index (χ0) is 17.6. The van der Waals surface area contributed by atoms with Crippen molar-refractivity contribution in [2.75, 3.05) is 39.4 Å². The molecule has 0 aromatic heterocycles. The van der Waals surface area contributed by atoms with Crippen LogP contribution in [0.25, 0.3) is 0 Å². The number of rotatable bonds is 3. The van der Waals surface area contributed by atoms with Crippen molar-refractivity contribution in [2.45, 2.75) is 25.7 Å². The SMILES string of the molecule is O=C(Cc1cccc(F)c1)N1CCCN(C(=O)C2CCCOC2)CC1. The van der Waals surface area contributed by atoms with Crippen LogP contribution in [0.15, 0.2) is 24.3 Å². The lowest BCUT2D eigenvalue weighted by Crippen LogP contribution is -2.42. The predicted octanol–water partition coefficient (Wildman–Crippen LogP) is 1.86. The van der Waals surface area contributed by atoms with Crippen LogP contribution >= 0.6 is 0 Å². The first-order valence-electron chi connectivity index (χ1n) is 9.02. The highest BCUT2D eigenvalue weighted by Gasteiger charge is 2.28. The fraction of sp³-hybridized carbons (Fsp3) is 0.579. The van der Waals surface area contributed by atoms with E-state index in [4.69, 9.17) is 4.74 Å². The summed E-state index contributed by atoms with van der Waals surface area (Å²) in [4.78, 5) is 28.8. The van der Waals surface area contributed by atoms with Gasteiger partial charge in [0.1, 0.15) is 5.82 Å². The normalized spacial score (nSPS) is 21.7. The molecule has 136 valence electrons. The van der Waals surface area contributed by atoms with Gasteiger partial charge in [-0.2, -0.15) is 0 Å². The Balaban J connectivity index is 1.53. The lowest BCUT2D eigenvalue weighted by atomic mass is 10.0. The Bertz CT molecular complexity index is 616. The molecule has 1 atom stereocenters. The molecule has 2 aliphatic rings. The molecule has 1 aromatic carbocycles. The number of nitrogens with zero attached hydrogens (tertiary/aromatic N) is 2. The highest BCUT2D eigenvalue weighted by Crippen LogP contribution is 2.18. The summed E-state index contributed by atoms with van der Waals surface area (Å²) in [6, 6.07) is 6.15. The van der Waals surface area contributed by atoms with Gasteiger partial charge in [0, 0.05) is 32.8 Å². The van der Waals surface area contributed by atoms with Gasteiger partial charge in [0.25, 0.3) is 0 Å². The van der Waals surface area contributed by atoms with Crippen LogP contribution in [0.3, 0.4) is 0 Å². The van der Waals surface area contributed by atoms with Gasteiger partial charge in [0.2, 0.25) is 11.8 Å². The summed E-state index contributed by atoms with van der Waals surface area (Å²) in [5.74, 6) is -0.226. The molecule has 0 spiro atoms. The third-order valence-electron chi connectivity index (χ3n) is 4.91. The monoisotopic (exact) mass is 348 g/mol. The lowest BCUT2D eigenvalue weighted by Gasteiger charge is -2.28. The molecule has 5 nitrogen and oxygen atoms in total. The van der Waals surface area contributed by atoms with E-state index < -0.39 is 0 Å². The number of ether oxygens (including phenoxy) is 1. The minimum absolute atomic E-state index is 0.0131. The van der Waals surface area contributed by atoms with Gasteiger partial charge < -0.3 is 14.5 Å². The van der Waals surface area contributed by atoms with Crippen molar-refractivity contribution in [3.63, 3.8) is 0 Å². The number of amides is 2. The van der Waals surface area contributed by atoms with Gasteiger partial charge in [0.05, 0.1) is 18.9 Å². The molecule has 6 heteroatoms. The molecule has 2 fully saturated rings. The van der Waals surface area contributed by atoms with Crippen molar-refractivity contribution < 1.29 is 18.7 Å². The largest absolute Gasteiger partial charge is 0.381 e. The second-order valence-electron chi connectivity index (χ2n) is 6.78. The fourth-order valence-electron chi connectivity index (χ4n) is 3.51. The summed E-state index contributed by atoms with van der Waals surface area (Å²) in [5.41, 5.74) is 0.682.